The van der Waals surface area contributed by atoms with E-state index in [4.69, 9.17) is 24.7 Å². The third-order valence-corrected chi connectivity index (χ3v) is 7.90. The number of fused-ring (bicyclic) bond motifs is 1. The molecule has 1 saturated heterocycles. The molecule has 226 valence electrons. The van der Waals surface area contributed by atoms with Gasteiger partial charge in [-0.25, -0.2) is 14.3 Å². The highest BCUT2D eigenvalue weighted by Gasteiger charge is 2.57. The lowest BCUT2D eigenvalue weighted by Gasteiger charge is -2.35. The van der Waals surface area contributed by atoms with Crippen molar-refractivity contribution in [3.63, 3.8) is 0 Å². The van der Waals surface area contributed by atoms with E-state index in [0.717, 1.165) is 16.7 Å². The molecule has 0 radical (unpaired) electrons. The third kappa shape index (κ3) is 6.06. The molecule has 1 fully saturated rings. The zero-order chi connectivity index (χ0) is 30.5. The summed E-state index contributed by atoms with van der Waals surface area (Å²) in [5.74, 6) is -1.10. The van der Waals surface area contributed by atoms with Crippen molar-refractivity contribution < 1.29 is 28.8 Å². The second kappa shape index (κ2) is 12.9. The number of hydrogen-bond acceptors (Lipinski definition) is 8. The molecule has 0 unspecified atom stereocenters. The number of aromatic carboxylic acids is 1. The Morgan fingerprint density at radius 3 is 2.14 bits per heavy atom. The Morgan fingerprint density at radius 2 is 1.52 bits per heavy atom. The van der Waals surface area contributed by atoms with Gasteiger partial charge in [0, 0.05) is 0 Å². The topological polar surface area (TPSA) is 130 Å². The zero-order valence-electron chi connectivity index (χ0n) is 24.3. The molecule has 0 aliphatic carbocycles. The molecule has 3 aromatic carbocycles. The molecule has 1 aliphatic rings. The van der Waals surface area contributed by atoms with E-state index in [-0.39, 0.29) is 30.1 Å². The van der Waals surface area contributed by atoms with Gasteiger partial charge in [-0.1, -0.05) is 91.0 Å². The Bertz CT molecular complexity index is 1700. The Morgan fingerprint density at radius 1 is 0.932 bits per heavy atom. The first kappa shape index (κ1) is 29.5. The molecular formula is C34H34N4O6. The number of carboxylic acid groups (broad SMARTS) is 1. The SMILES string of the molecule is C[C@@]1(OCc2ccccc2)[C@H](OCc2ccccc2)[C@@H](COCc2ccccc2)O[C@H]1c1cc(C(=O)O)c2c(N)ncnn12. The molecule has 3 N–H and O–H groups in total. The first-order valence-electron chi connectivity index (χ1n) is 14.4. The van der Waals surface area contributed by atoms with Gasteiger partial charge >= 0.3 is 5.97 Å². The summed E-state index contributed by atoms with van der Waals surface area (Å²) < 4.78 is 27.8. The van der Waals surface area contributed by atoms with Crippen LogP contribution in [0.1, 0.15) is 45.8 Å². The molecule has 0 amide bonds. The van der Waals surface area contributed by atoms with Gasteiger partial charge in [0.2, 0.25) is 0 Å². The largest absolute Gasteiger partial charge is 0.478 e. The van der Waals surface area contributed by atoms with Crippen LogP contribution in [0.3, 0.4) is 0 Å². The van der Waals surface area contributed by atoms with E-state index in [0.29, 0.717) is 18.9 Å². The maximum Gasteiger partial charge on any atom is 0.338 e. The molecule has 10 nitrogen and oxygen atoms in total. The maximum atomic E-state index is 12.3. The maximum absolute atomic E-state index is 12.3. The van der Waals surface area contributed by atoms with Crippen LogP contribution in [0.25, 0.3) is 5.52 Å². The van der Waals surface area contributed by atoms with E-state index in [1.54, 1.807) is 0 Å². The highest BCUT2D eigenvalue weighted by atomic mass is 16.6. The summed E-state index contributed by atoms with van der Waals surface area (Å²) in [4.78, 5) is 16.3. The summed E-state index contributed by atoms with van der Waals surface area (Å²) in [5.41, 5.74) is 8.65. The highest BCUT2D eigenvalue weighted by molar-refractivity contribution is 5.99. The standard InChI is InChI=1S/C34H34N4O6/c1-34(43-20-25-15-9-4-10-16-25)30(27-17-26(33(39)40)29-32(35)36-22-37-38(27)29)44-28(21-41-18-23-11-5-2-6-12-23)31(34)42-19-24-13-7-3-8-14-24/h2-17,22,28,30-31H,18-21H2,1H3,(H,39,40)(H2,35,36,37)/t28-,30+,31-,34+/m1/s1. The molecule has 5 aromatic rings. The fourth-order valence-electron chi connectivity index (χ4n) is 5.70. The number of nitrogen functional groups attached to an aromatic ring is 1. The molecule has 44 heavy (non-hydrogen) atoms. The molecule has 6 rings (SSSR count). The number of aromatic nitrogens is 3. The van der Waals surface area contributed by atoms with Crippen LogP contribution in [0, 0.1) is 0 Å². The van der Waals surface area contributed by atoms with Crippen molar-refractivity contribution in [2.24, 2.45) is 0 Å². The smallest absolute Gasteiger partial charge is 0.338 e. The van der Waals surface area contributed by atoms with E-state index >= 15 is 0 Å². The predicted molar refractivity (Wildman–Crippen MR) is 163 cm³/mol. The normalized spacial score (nSPS) is 21.5. The summed E-state index contributed by atoms with van der Waals surface area (Å²) in [5, 5.41) is 14.4. The van der Waals surface area contributed by atoms with Crippen molar-refractivity contribution in [2.45, 2.75) is 50.7 Å². The van der Waals surface area contributed by atoms with Gasteiger partial charge in [-0.3, -0.25) is 0 Å². The van der Waals surface area contributed by atoms with Crippen LogP contribution in [0.4, 0.5) is 5.82 Å². The van der Waals surface area contributed by atoms with E-state index in [1.165, 1.54) is 16.9 Å². The van der Waals surface area contributed by atoms with Gasteiger partial charge in [-0.15, -0.1) is 0 Å². The Labute approximate surface area is 255 Å². The van der Waals surface area contributed by atoms with Crippen molar-refractivity contribution in [1.82, 2.24) is 14.6 Å². The van der Waals surface area contributed by atoms with Gasteiger partial charge in [0.1, 0.15) is 35.8 Å². The summed E-state index contributed by atoms with van der Waals surface area (Å²) in [6.07, 6.45) is -0.679. The number of nitrogens with zero attached hydrogens (tertiary/aromatic N) is 3. The molecule has 0 bridgehead atoms. The molecule has 1 aliphatic heterocycles. The number of carbonyl (C=O) groups is 1. The van der Waals surface area contributed by atoms with Crippen molar-refractivity contribution in [1.29, 1.82) is 0 Å². The number of rotatable bonds is 12. The molecular weight excluding hydrogens is 560 g/mol. The Balaban J connectivity index is 1.39. The Hall–Kier alpha value is -4.61. The molecule has 10 heteroatoms. The number of benzene rings is 3. The van der Waals surface area contributed by atoms with Gasteiger partial charge in [-0.05, 0) is 29.7 Å². The molecule has 0 spiro atoms. The van der Waals surface area contributed by atoms with Gasteiger partial charge in [-0.2, -0.15) is 5.10 Å². The molecule has 2 aromatic heterocycles. The third-order valence-electron chi connectivity index (χ3n) is 7.90. The van der Waals surface area contributed by atoms with Crippen molar-refractivity contribution >= 4 is 17.3 Å². The fraction of sp³-hybridized carbons (Fsp3) is 0.265. The minimum absolute atomic E-state index is 0.0300. The first-order chi connectivity index (χ1) is 21.4. The molecule has 0 saturated carbocycles. The van der Waals surface area contributed by atoms with Crippen LogP contribution in [0.5, 0.6) is 0 Å². The fourth-order valence-corrected chi connectivity index (χ4v) is 5.70. The van der Waals surface area contributed by atoms with Crippen LogP contribution in [0.2, 0.25) is 0 Å². The summed E-state index contributed by atoms with van der Waals surface area (Å²) >= 11 is 0. The van der Waals surface area contributed by atoms with Gasteiger partial charge in [0.05, 0.1) is 37.7 Å². The van der Waals surface area contributed by atoms with Crippen LogP contribution in [-0.2, 0) is 38.8 Å². The lowest BCUT2D eigenvalue weighted by atomic mass is 9.90. The van der Waals surface area contributed by atoms with Crippen molar-refractivity contribution in [3.8, 4) is 0 Å². The monoisotopic (exact) mass is 594 g/mol. The summed E-state index contributed by atoms with van der Waals surface area (Å²) in [7, 11) is 0. The molecule has 3 heterocycles. The Kier molecular flexibility index (Phi) is 8.67. The van der Waals surface area contributed by atoms with E-state index in [2.05, 4.69) is 10.1 Å². The summed E-state index contributed by atoms with van der Waals surface area (Å²) in [6.45, 7) is 3.11. The average molecular weight is 595 g/mol. The first-order valence-corrected chi connectivity index (χ1v) is 14.4. The zero-order valence-corrected chi connectivity index (χ0v) is 24.3. The van der Waals surface area contributed by atoms with E-state index in [9.17, 15) is 9.90 Å². The number of anilines is 1. The van der Waals surface area contributed by atoms with Crippen LogP contribution >= 0.6 is 0 Å². The molecule has 4 atom stereocenters. The van der Waals surface area contributed by atoms with Gasteiger partial charge < -0.3 is 29.8 Å². The van der Waals surface area contributed by atoms with Gasteiger partial charge in [0.15, 0.2) is 5.82 Å². The van der Waals surface area contributed by atoms with Gasteiger partial charge in [0.25, 0.3) is 0 Å². The highest BCUT2D eigenvalue weighted by Crippen LogP contribution is 2.47. The van der Waals surface area contributed by atoms with E-state index in [1.807, 2.05) is 97.9 Å². The predicted octanol–water partition coefficient (Wildman–Crippen LogP) is 5.23. The van der Waals surface area contributed by atoms with Crippen LogP contribution in [0.15, 0.2) is 103 Å². The number of ether oxygens (including phenoxy) is 4. The lowest BCUT2D eigenvalue weighted by molar-refractivity contribution is -0.148. The number of nitrogens with two attached hydrogens (primary N) is 1. The number of carboxylic acids is 1. The lowest BCUT2D eigenvalue weighted by Crippen LogP contribution is -2.47. The quantitative estimate of drug-likeness (QED) is 0.199. The second-order valence-electron chi connectivity index (χ2n) is 10.9. The second-order valence-corrected chi connectivity index (χ2v) is 10.9. The van der Waals surface area contributed by atoms with Crippen LogP contribution in [-0.4, -0.2) is 50.1 Å². The summed E-state index contributed by atoms with van der Waals surface area (Å²) in [6, 6.07) is 31.1. The van der Waals surface area contributed by atoms with Crippen LogP contribution < -0.4 is 5.73 Å². The average Bonchev–Trinajstić information content (AvgIpc) is 3.57. The van der Waals surface area contributed by atoms with Crippen molar-refractivity contribution in [3.05, 3.63) is 131 Å². The van der Waals surface area contributed by atoms with Crippen molar-refractivity contribution in [2.75, 3.05) is 12.3 Å². The number of hydrogen-bond donors (Lipinski definition) is 2. The minimum Gasteiger partial charge on any atom is -0.478 e. The van der Waals surface area contributed by atoms with E-state index < -0.39 is 29.9 Å². The minimum atomic E-state index is -1.15.